The van der Waals surface area contributed by atoms with Gasteiger partial charge in [0.25, 0.3) is 12.0 Å². The Kier molecular flexibility index (Phi) is 4.52. The Morgan fingerprint density at radius 3 is 2.55 bits per heavy atom. The van der Waals surface area contributed by atoms with Crippen molar-refractivity contribution in [1.82, 2.24) is 4.57 Å². The molecular weight excluding hydrogens is 382 g/mol. The van der Waals surface area contributed by atoms with Crippen LogP contribution < -0.4 is 5.56 Å². The van der Waals surface area contributed by atoms with Crippen molar-refractivity contribution in [1.29, 1.82) is 0 Å². The molecule has 1 aromatic carbocycles. The fourth-order valence-corrected chi connectivity index (χ4v) is 2.40. The molecule has 0 radical (unpaired) electrons. The summed E-state index contributed by atoms with van der Waals surface area (Å²) in [4.78, 5) is 12.0. The van der Waals surface area contributed by atoms with Crippen LogP contribution in [0.4, 0.5) is 13.2 Å². The third kappa shape index (κ3) is 3.05. The smallest absolute Gasteiger partial charge is 0.264 e. The maximum absolute atomic E-state index is 14.0. The van der Waals surface area contributed by atoms with Crippen LogP contribution in [0.3, 0.4) is 0 Å². The summed E-state index contributed by atoms with van der Waals surface area (Å²) in [5, 5.41) is 0. The highest BCUT2D eigenvalue weighted by Gasteiger charge is 2.15. The monoisotopic (exact) mass is 393 g/mol. The van der Waals surface area contributed by atoms with Crippen LogP contribution in [-0.2, 0) is 6.54 Å². The van der Waals surface area contributed by atoms with Crippen LogP contribution in [0, 0.1) is 16.3 Å². The standard InChI is InChI=1S/C14H11F3INO/c1-8-2-3-9(10(15)6-8)12-5-4-11(18)14(20)19(12)7-13(16)17/h2-6,13H,7H2,1H3. The van der Waals surface area contributed by atoms with Crippen molar-refractivity contribution in [3.8, 4) is 11.3 Å². The van der Waals surface area contributed by atoms with Gasteiger partial charge in [-0.15, -0.1) is 0 Å². The molecule has 2 rings (SSSR count). The lowest BCUT2D eigenvalue weighted by atomic mass is 10.1. The largest absolute Gasteiger partial charge is 0.302 e. The lowest BCUT2D eigenvalue weighted by Crippen LogP contribution is -2.26. The van der Waals surface area contributed by atoms with Gasteiger partial charge in [-0.25, -0.2) is 13.2 Å². The van der Waals surface area contributed by atoms with E-state index < -0.39 is 24.3 Å². The minimum Gasteiger partial charge on any atom is -0.302 e. The molecule has 0 unspecified atom stereocenters. The summed E-state index contributed by atoms with van der Waals surface area (Å²) in [5.41, 5.74) is 0.487. The first-order valence-corrected chi connectivity index (χ1v) is 6.92. The Labute approximate surface area is 127 Å². The van der Waals surface area contributed by atoms with Gasteiger partial charge in [0.1, 0.15) is 5.82 Å². The second-order valence-corrected chi connectivity index (χ2v) is 5.52. The van der Waals surface area contributed by atoms with E-state index in [4.69, 9.17) is 0 Å². The average molecular weight is 393 g/mol. The first kappa shape index (κ1) is 15.1. The van der Waals surface area contributed by atoms with Crippen LogP contribution in [0.5, 0.6) is 0 Å². The molecule has 2 aromatic rings. The van der Waals surface area contributed by atoms with Crippen molar-refractivity contribution < 1.29 is 13.2 Å². The fraction of sp³-hybridized carbons (Fsp3) is 0.214. The van der Waals surface area contributed by atoms with Crippen LogP contribution in [-0.4, -0.2) is 11.0 Å². The molecule has 0 atom stereocenters. The van der Waals surface area contributed by atoms with Crippen LogP contribution in [0.2, 0.25) is 0 Å². The van der Waals surface area contributed by atoms with E-state index in [9.17, 15) is 18.0 Å². The Balaban J connectivity index is 2.67. The van der Waals surface area contributed by atoms with Gasteiger partial charge >= 0.3 is 0 Å². The van der Waals surface area contributed by atoms with Gasteiger partial charge < -0.3 is 4.57 Å². The average Bonchev–Trinajstić information content (AvgIpc) is 2.36. The number of aromatic nitrogens is 1. The SMILES string of the molecule is Cc1ccc(-c2ccc(I)c(=O)n2CC(F)F)c(F)c1. The van der Waals surface area contributed by atoms with E-state index in [0.29, 0.717) is 3.57 Å². The molecule has 1 heterocycles. The molecule has 20 heavy (non-hydrogen) atoms. The topological polar surface area (TPSA) is 22.0 Å². The lowest BCUT2D eigenvalue weighted by molar-refractivity contribution is 0.125. The van der Waals surface area contributed by atoms with Crippen molar-refractivity contribution in [2.24, 2.45) is 0 Å². The van der Waals surface area contributed by atoms with Crippen LogP contribution in [0.1, 0.15) is 5.56 Å². The summed E-state index contributed by atoms with van der Waals surface area (Å²) < 4.78 is 40.5. The number of halogens is 4. The first-order chi connectivity index (χ1) is 9.40. The number of hydrogen-bond acceptors (Lipinski definition) is 1. The van der Waals surface area contributed by atoms with Crippen molar-refractivity contribution >= 4 is 22.6 Å². The number of benzene rings is 1. The zero-order chi connectivity index (χ0) is 14.9. The number of alkyl halides is 2. The Morgan fingerprint density at radius 1 is 1.25 bits per heavy atom. The molecule has 0 aliphatic carbocycles. The van der Waals surface area contributed by atoms with Crippen molar-refractivity contribution in [2.75, 3.05) is 0 Å². The Morgan fingerprint density at radius 2 is 1.95 bits per heavy atom. The normalized spacial score (nSPS) is 11.1. The van der Waals surface area contributed by atoms with Crippen molar-refractivity contribution in [2.45, 2.75) is 19.9 Å². The summed E-state index contributed by atoms with van der Waals surface area (Å²) in [7, 11) is 0. The highest BCUT2D eigenvalue weighted by atomic mass is 127. The zero-order valence-electron chi connectivity index (χ0n) is 10.5. The summed E-state index contributed by atoms with van der Waals surface area (Å²) in [6.45, 7) is 0.978. The summed E-state index contributed by atoms with van der Waals surface area (Å²) in [6.07, 6.45) is -2.68. The molecule has 0 N–H and O–H groups in total. The van der Waals surface area contributed by atoms with E-state index in [1.807, 2.05) is 0 Å². The van der Waals surface area contributed by atoms with Crippen LogP contribution in [0.15, 0.2) is 35.1 Å². The number of nitrogens with zero attached hydrogens (tertiary/aromatic N) is 1. The molecule has 0 spiro atoms. The van der Waals surface area contributed by atoms with Crippen molar-refractivity contribution in [3.05, 3.63) is 55.6 Å². The van der Waals surface area contributed by atoms with Gasteiger partial charge in [0.2, 0.25) is 0 Å². The molecule has 1 aromatic heterocycles. The first-order valence-electron chi connectivity index (χ1n) is 5.84. The Bertz CT molecular complexity index is 697. The van der Waals surface area contributed by atoms with E-state index in [1.165, 1.54) is 24.3 Å². The van der Waals surface area contributed by atoms with Gasteiger partial charge in [-0.05, 0) is 59.3 Å². The number of rotatable bonds is 3. The zero-order valence-corrected chi connectivity index (χ0v) is 12.7. The van der Waals surface area contributed by atoms with Crippen molar-refractivity contribution in [3.63, 3.8) is 0 Å². The second kappa shape index (κ2) is 5.99. The molecule has 106 valence electrons. The highest BCUT2D eigenvalue weighted by Crippen LogP contribution is 2.23. The van der Waals surface area contributed by atoms with Gasteiger partial charge in [0.15, 0.2) is 0 Å². The molecule has 0 bridgehead atoms. The maximum Gasteiger partial charge on any atom is 0.264 e. The molecule has 0 aliphatic heterocycles. The number of aryl methyl sites for hydroxylation is 1. The summed E-state index contributed by atoms with van der Waals surface area (Å²) in [6, 6.07) is 7.46. The van der Waals surface area contributed by atoms with Crippen LogP contribution in [0.25, 0.3) is 11.3 Å². The van der Waals surface area contributed by atoms with Gasteiger partial charge in [-0.2, -0.15) is 0 Å². The quantitative estimate of drug-likeness (QED) is 0.727. The summed E-state index contributed by atoms with van der Waals surface area (Å²) in [5.74, 6) is -0.534. The minimum absolute atomic E-state index is 0.143. The minimum atomic E-state index is -2.68. The molecular formula is C14H11F3INO. The van der Waals surface area contributed by atoms with E-state index in [0.717, 1.165) is 10.1 Å². The van der Waals surface area contributed by atoms with Gasteiger partial charge in [0, 0.05) is 5.56 Å². The summed E-state index contributed by atoms with van der Waals surface area (Å²) >= 11 is 1.77. The fourth-order valence-electron chi connectivity index (χ4n) is 1.93. The molecule has 0 aliphatic rings. The molecule has 6 heteroatoms. The predicted molar refractivity (Wildman–Crippen MR) is 79.6 cm³/mol. The van der Waals surface area contributed by atoms with E-state index in [-0.39, 0.29) is 11.3 Å². The van der Waals surface area contributed by atoms with E-state index >= 15 is 0 Å². The maximum atomic E-state index is 14.0. The number of pyridine rings is 1. The molecule has 2 nitrogen and oxygen atoms in total. The highest BCUT2D eigenvalue weighted by molar-refractivity contribution is 14.1. The van der Waals surface area contributed by atoms with E-state index in [1.54, 1.807) is 35.6 Å². The molecule has 0 amide bonds. The Hall–Kier alpha value is -1.31. The lowest BCUT2D eigenvalue weighted by Gasteiger charge is -2.14. The third-order valence-electron chi connectivity index (χ3n) is 2.85. The molecule has 0 saturated carbocycles. The van der Waals surface area contributed by atoms with Crippen LogP contribution >= 0.6 is 22.6 Å². The predicted octanol–water partition coefficient (Wildman–Crippen LogP) is 3.83. The third-order valence-corrected chi connectivity index (χ3v) is 3.67. The molecule has 0 fully saturated rings. The molecule has 0 saturated heterocycles. The van der Waals surface area contributed by atoms with Gasteiger partial charge in [-0.1, -0.05) is 6.07 Å². The second-order valence-electron chi connectivity index (χ2n) is 4.36. The van der Waals surface area contributed by atoms with Gasteiger partial charge in [0.05, 0.1) is 15.8 Å². The van der Waals surface area contributed by atoms with E-state index in [2.05, 4.69) is 0 Å². The van der Waals surface area contributed by atoms with Gasteiger partial charge in [-0.3, -0.25) is 4.79 Å². The number of hydrogen-bond donors (Lipinski definition) is 0.